The number of halogens is 1. The zero-order valence-corrected chi connectivity index (χ0v) is 19.7. The first-order chi connectivity index (χ1) is 12.0. The van der Waals surface area contributed by atoms with Gasteiger partial charge in [0.2, 0.25) is 0 Å². The quantitative estimate of drug-likeness (QED) is 0.220. The molecule has 0 saturated carbocycles. The average molecular weight is 479 g/mol. The van der Waals surface area contributed by atoms with Crippen LogP contribution in [0.15, 0.2) is 4.99 Å². The molecular weight excluding hydrogens is 441 g/mol. The molecule has 1 aromatic rings. The van der Waals surface area contributed by atoms with Crippen molar-refractivity contribution in [3.05, 3.63) is 17.0 Å². The molecule has 152 valence electrons. The summed E-state index contributed by atoms with van der Waals surface area (Å²) < 4.78 is 7.16. The first kappa shape index (κ1) is 25.2. The van der Waals surface area contributed by atoms with Crippen molar-refractivity contribution in [2.45, 2.75) is 67.0 Å². The number of hydrogen-bond donors (Lipinski definition) is 2. The maximum absolute atomic E-state index is 5.15. The third-order valence-corrected chi connectivity index (χ3v) is 4.28. The largest absolute Gasteiger partial charge is 0.383 e. The smallest absolute Gasteiger partial charge is 0.191 e. The van der Waals surface area contributed by atoms with Crippen LogP contribution in [0.4, 0.5) is 0 Å². The molecule has 6 nitrogen and oxygen atoms in total. The molecule has 1 aromatic heterocycles. The highest BCUT2D eigenvalue weighted by Crippen LogP contribution is 2.14. The van der Waals surface area contributed by atoms with Gasteiger partial charge in [0, 0.05) is 31.5 Å². The van der Waals surface area contributed by atoms with Crippen molar-refractivity contribution in [3.63, 3.8) is 0 Å². The molecule has 1 rings (SSSR count). The monoisotopic (exact) mass is 479 g/mol. The number of nitrogens with zero attached hydrogens (tertiary/aromatic N) is 3. The summed E-state index contributed by atoms with van der Waals surface area (Å²) in [6, 6.07) is 0. The Balaban J connectivity index is 0.00000625. The van der Waals surface area contributed by atoms with Crippen molar-refractivity contribution in [2.24, 2.45) is 10.9 Å². The van der Waals surface area contributed by atoms with E-state index in [1.807, 2.05) is 11.6 Å². The zero-order valence-electron chi connectivity index (χ0n) is 17.4. The maximum atomic E-state index is 5.15. The summed E-state index contributed by atoms with van der Waals surface area (Å²) >= 11 is 0. The van der Waals surface area contributed by atoms with Crippen LogP contribution in [0.1, 0.15) is 57.0 Å². The molecule has 0 radical (unpaired) electrons. The molecule has 1 heterocycles. The standard InChI is InChI=1S/C19H37N5O.HI/c1-7-20-19(21-11-9-8-10-15(2)3)22-14-18-16(4)23-24(17(18)5)12-13-25-6;/h15H,7-14H2,1-6H3,(H2,20,21,22);1H. The number of aryl methyl sites for hydroxylation is 1. The summed E-state index contributed by atoms with van der Waals surface area (Å²) in [4.78, 5) is 4.74. The summed E-state index contributed by atoms with van der Waals surface area (Å²) in [5.41, 5.74) is 3.42. The minimum Gasteiger partial charge on any atom is -0.383 e. The van der Waals surface area contributed by atoms with E-state index >= 15 is 0 Å². The average Bonchev–Trinajstić information content (AvgIpc) is 2.83. The van der Waals surface area contributed by atoms with Gasteiger partial charge in [-0.3, -0.25) is 4.68 Å². The van der Waals surface area contributed by atoms with Crippen LogP contribution in [-0.4, -0.2) is 42.5 Å². The van der Waals surface area contributed by atoms with Crippen molar-refractivity contribution in [1.29, 1.82) is 0 Å². The van der Waals surface area contributed by atoms with Crippen LogP contribution in [0.5, 0.6) is 0 Å². The van der Waals surface area contributed by atoms with Gasteiger partial charge in [0.05, 0.1) is 25.4 Å². The Morgan fingerprint density at radius 3 is 2.58 bits per heavy atom. The van der Waals surface area contributed by atoms with Crippen LogP contribution >= 0.6 is 24.0 Å². The molecule has 0 aliphatic heterocycles. The third kappa shape index (κ3) is 9.21. The predicted molar refractivity (Wildman–Crippen MR) is 120 cm³/mol. The highest BCUT2D eigenvalue weighted by molar-refractivity contribution is 14.0. The Morgan fingerprint density at radius 1 is 1.23 bits per heavy atom. The zero-order chi connectivity index (χ0) is 18.7. The molecule has 0 bridgehead atoms. The lowest BCUT2D eigenvalue weighted by Crippen LogP contribution is -2.37. The Kier molecular flexibility index (Phi) is 13.8. The minimum absolute atomic E-state index is 0. The van der Waals surface area contributed by atoms with E-state index in [1.54, 1.807) is 7.11 Å². The first-order valence-corrected chi connectivity index (χ1v) is 9.53. The number of guanidine groups is 1. The number of unbranched alkanes of at least 4 members (excludes halogenated alkanes) is 1. The van der Waals surface area contributed by atoms with E-state index in [0.29, 0.717) is 13.2 Å². The Morgan fingerprint density at radius 2 is 1.96 bits per heavy atom. The van der Waals surface area contributed by atoms with Gasteiger partial charge >= 0.3 is 0 Å². The van der Waals surface area contributed by atoms with Crippen LogP contribution in [0.3, 0.4) is 0 Å². The molecule has 26 heavy (non-hydrogen) atoms. The number of ether oxygens (including phenoxy) is 1. The topological polar surface area (TPSA) is 63.5 Å². The maximum Gasteiger partial charge on any atom is 0.191 e. The van der Waals surface area contributed by atoms with Crippen LogP contribution in [0, 0.1) is 19.8 Å². The van der Waals surface area contributed by atoms with Crippen molar-refractivity contribution in [2.75, 3.05) is 26.8 Å². The molecule has 0 atom stereocenters. The van der Waals surface area contributed by atoms with Crippen molar-refractivity contribution in [3.8, 4) is 0 Å². The fraction of sp³-hybridized carbons (Fsp3) is 0.789. The molecule has 0 aromatic carbocycles. The minimum atomic E-state index is 0. The molecule has 0 unspecified atom stereocenters. The Labute approximate surface area is 176 Å². The summed E-state index contributed by atoms with van der Waals surface area (Å²) in [6.45, 7) is 14.7. The molecule has 2 N–H and O–H groups in total. The number of aliphatic imine (C=N–C) groups is 1. The van der Waals surface area contributed by atoms with E-state index < -0.39 is 0 Å². The normalized spacial score (nSPS) is 11.6. The number of rotatable bonds is 11. The van der Waals surface area contributed by atoms with E-state index in [0.717, 1.165) is 37.2 Å². The van der Waals surface area contributed by atoms with Crippen molar-refractivity contribution in [1.82, 2.24) is 20.4 Å². The number of aromatic nitrogens is 2. The van der Waals surface area contributed by atoms with Gasteiger partial charge in [-0.15, -0.1) is 24.0 Å². The van der Waals surface area contributed by atoms with E-state index in [4.69, 9.17) is 9.73 Å². The molecule has 0 aliphatic carbocycles. The fourth-order valence-electron chi connectivity index (χ4n) is 2.74. The van der Waals surface area contributed by atoms with Gasteiger partial charge in [-0.1, -0.05) is 26.7 Å². The molecule has 0 fully saturated rings. The van der Waals surface area contributed by atoms with Crippen molar-refractivity contribution >= 4 is 29.9 Å². The Hall–Kier alpha value is -0.830. The van der Waals surface area contributed by atoms with Crippen LogP contribution in [-0.2, 0) is 17.8 Å². The summed E-state index contributed by atoms with van der Waals surface area (Å²) in [6.07, 6.45) is 3.72. The summed E-state index contributed by atoms with van der Waals surface area (Å²) in [5.74, 6) is 1.66. The van der Waals surface area contributed by atoms with E-state index in [-0.39, 0.29) is 24.0 Å². The fourth-order valence-corrected chi connectivity index (χ4v) is 2.74. The number of methoxy groups -OCH3 is 1. The highest BCUT2D eigenvalue weighted by atomic mass is 127. The van der Waals surface area contributed by atoms with E-state index in [1.165, 1.54) is 30.5 Å². The van der Waals surface area contributed by atoms with Gasteiger partial charge in [0.15, 0.2) is 5.96 Å². The number of nitrogens with one attached hydrogen (secondary N) is 2. The van der Waals surface area contributed by atoms with Gasteiger partial charge in [-0.25, -0.2) is 4.99 Å². The highest BCUT2D eigenvalue weighted by Gasteiger charge is 2.11. The first-order valence-electron chi connectivity index (χ1n) is 9.53. The van der Waals surface area contributed by atoms with Gasteiger partial charge in [0.25, 0.3) is 0 Å². The molecule has 7 heteroatoms. The lowest BCUT2D eigenvalue weighted by molar-refractivity contribution is 0.182. The van der Waals surface area contributed by atoms with Gasteiger partial charge in [0.1, 0.15) is 0 Å². The molecule has 0 spiro atoms. The summed E-state index contributed by atoms with van der Waals surface area (Å²) in [5, 5.41) is 11.4. The second-order valence-electron chi connectivity index (χ2n) is 6.88. The predicted octanol–water partition coefficient (Wildman–Crippen LogP) is 3.65. The van der Waals surface area contributed by atoms with Crippen LogP contribution in [0.25, 0.3) is 0 Å². The van der Waals surface area contributed by atoms with Gasteiger partial charge < -0.3 is 15.4 Å². The second-order valence-corrected chi connectivity index (χ2v) is 6.88. The summed E-state index contributed by atoms with van der Waals surface area (Å²) in [7, 11) is 1.71. The second kappa shape index (κ2) is 14.3. The molecule has 0 saturated heterocycles. The third-order valence-electron chi connectivity index (χ3n) is 4.28. The molecule has 0 amide bonds. The van der Waals surface area contributed by atoms with Crippen LogP contribution in [0.2, 0.25) is 0 Å². The molecule has 0 aliphatic rings. The van der Waals surface area contributed by atoms with Gasteiger partial charge in [-0.2, -0.15) is 5.10 Å². The van der Waals surface area contributed by atoms with Crippen LogP contribution < -0.4 is 10.6 Å². The van der Waals surface area contributed by atoms with E-state index in [2.05, 4.69) is 43.4 Å². The Bertz CT molecular complexity index is 528. The van der Waals surface area contributed by atoms with Gasteiger partial charge in [-0.05, 0) is 33.1 Å². The number of hydrogen-bond acceptors (Lipinski definition) is 3. The lowest BCUT2D eigenvalue weighted by Gasteiger charge is -2.12. The van der Waals surface area contributed by atoms with Crippen molar-refractivity contribution < 1.29 is 4.74 Å². The SMILES string of the molecule is CCNC(=NCc1c(C)nn(CCOC)c1C)NCCCCC(C)C.I. The van der Waals surface area contributed by atoms with E-state index in [9.17, 15) is 0 Å². The molecular formula is C19H38IN5O. The lowest BCUT2D eigenvalue weighted by atomic mass is 10.1.